The van der Waals surface area contributed by atoms with Crippen molar-refractivity contribution < 1.29 is 23.1 Å². The molecule has 0 atom stereocenters. The van der Waals surface area contributed by atoms with Crippen LogP contribution in [0, 0.1) is 0 Å². The number of anilines is 1. The molecule has 7 heteroatoms. The van der Waals surface area contributed by atoms with Gasteiger partial charge in [0.15, 0.2) is 13.1 Å². The van der Waals surface area contributed by atoms with Crippen LogP contribution in [0.25, 0.3) is 33.4 Å². The quantitative estimate of drug-likeness (QED) is 0.359. The van der Waals surface area contributed by atoms with Gasteiger partial charge in [-0.05, 0) is 23.8 Å². The van der Waals surface area contributed by atoms with Crippen molar-refractivity contribution in [3.8, 4) is 22.5 Å². The Morgan fingerprint density at radius 1 is 0.970 bits per heavy atom. The Balaban J connectivity index is 1.64. The molecule has 2 aromatic rings. The first-order valence-corrected chi connectivity index (χ1v) is 10.9. The Morgan fingerprint density at radius 3 is 2.48 bits per heavy atom. The minimum Gasteiger partial charge on any atom is -0.545 e. The van der Waals surface area contributed by atoms with Crippen LogP contribution < -0.4 is 19.9 Å². The summed E-state index contributed by atoms with van der Waals surface area (Å²) >= 11 is 0. The summed E-state index contributed by atoms with van der Waals surface area (Å²) in [5.41, 5.74) is 3.50. The van der Waals surface area contributed by atoms with Gasteiger partial charge in [0.25, 0.3) is 0 Å². The normalized spacial score (nSPS) is 18.4. The van der Waals surface area contributed by atoms with Crippen LogP contribution in [0.15, 0.2) is 65.1 Å². The Kier molecular flexibility index (Phi) is 4.47. The molecule has 0 saturated carbocycles. The van der Waals surface area contributed by atoms with Crippen molar-refractivity contribution in [2.24, 2.45) is 0 Å². The van der Waals surface area contributed by atoms with E-state index in [1.54, 1.807) is 18.2 Å². The summed E-state index contributed by atoms with van der Waals surface area (Å²) in [7, 11) is 0. The molecule has 0 N–H and O–H groups in total. The second-order valence-corrected chi connectivity index (χ2v) is 8.68. The first-order valence-electron chi connectivity index (χ1n) is 10.9. The molecular weight excluding hydrogens is 426 g/mol. The number of halogens is 2. The van der Waals surface area contributed by atoms with Gasteiger partial charge in [-0.25, -0.2) is 13.4 Å². The first kappa shape index (κ1) is 19.9. The van der Waals surface area contributed by atoms with E-state index in [2.05, 4.69) is 0 Å². The number of benzene rings is 3. The van der Waals surface area contributed by atoms with Gasteiger partial charge in [-0.15, -0.1) is 0 Å². The lowest BCUT2D eigenvalue weighted by Gasteiger charge is -2.36. The Morgan fingerprint density at radius 2 is 1.76 bits per heavy atom. The minimum atomic E-state index is -1.26. The standard InChI is InChI=1S/C26H20F2N2O3/c27-15-11-29(12-15)17-5-7-21-23(9-17)33-24-10-18(30-13-16(28)14-30)6-8-22(24)25(21)19-3-1-2-4-20(19)26(31)32/h1-10,15-16H,11-14H2. The van der Waals surface area contributed by atoms with Crippen molar-refractivity contribution >= 4 is 22.6 Å². The Hall–Kier alpha value is -3.74. The third kappa shape index (κ3) is 3.26. The van der Waals surface area contributed by atoms with Gasteiger partial charge in [0.05, 0.1) is 25.1 Å². The molecule has 0 bridgehead atoms. The smallest absolute Gasteiger partial charge is 0.216 e. The summed E-state index contributed by atoms with van der Waals surface area (Å²) < 4.78 is 35.0. The maximum Gasteiger partial charge on any atom is 0.216 e. The molecule has 3 heterocycles. The molecule has 2 aromatic carbocycles. The maximum atomic E-state index is 13.4. The molecule has 5 nitrogen and oxygen atoms in total. The van der Waals surface area contributed by atoms with Gasteiger partial charge in [0.1, 0.15) is 17.5 Å². The largest absolute Gasteiger partial charge is 0.545 e. The van der Waals surface area contributed by atoms with E-state index in [9.17, 15) is 18.7 Å². The van der Waals surface area contributed by atoms with Crippen molar-refractivity contribution in [1.29, 1.82) is 0 Å². The fraction of sp³-hybridized carbons (Fsp3) is 0.231. The van der Waals surface area contributed by atoms with E-state index in [1.807, 2.05) is 45.9 Å². The SMILES string of the molecule is O=C([O-])c1ccccc1-c1c2ccc(=[N+]3CC(F)C3)cc-2oc2cc(N3CC(F)C3)ccc12. The number of carbonyl (C=O) groups excluding carboxylic acids is 1. The molecule has 0 radical (unpaired) electrons. The summed E-state index contributed by atoms with van der Waals surface area (Å²) in [5.74, 6) is -0.695. The van der Waals surface area contributed by atoms with Gasteiger partial charge in [0, 0.05) is 39.9 Å². The monoisotopic (exact) mass is 446 g/mol. The lowest BCUT2D eigenvalue weighted by molar-refractivity contribution is -0.254. The van der Waals surface area contributed by atoms with Crippen molar-refractivity contribution in [2.45, 2.75) is 12.3 Å². The molecule has 0 spiro atoms. The average Bonchev–Trinajstić information content (AvgIpc) is 2.77. The van der Waals surface area contributed by atoms with Gasteiger partial charge in [-0.3, -0.25) is 0 Å². The molecule has 2 fully saturated rings. The molecule has 3 aliphatic heterocycles. The van der Waals surface area contributed by atoms with Crippen molar-refractivity contribution in [3.05, 3.63) is 71.6 Å². The summed E-state index contributed by atoms with van der Waals surface area (Å²) in [6, 6.07) is 18.0. The lowest BCUT2D eigenvalue weighted by Crippen LogP contribution is -2.50. The topological polar surface area (TPSA) is 59.5 Å². The molecule has 4 aliphatic rings. The zero-order chi connectivity index (χ0) is 22.7. The predicted molar refractivity (Wildman–Crippen MR) is 120 cm³/mol. The molecule has 0 unspecified atom stereocenters. The van der Waals surface area contributed by atoms with Crippen LogP contribution in [0.3, 0.4) is 0 Å². The van der Waals surface area contributed by atoms with Gasteiger partial charge >= 0.3 is 0 Å². The van der Waals surface area contributed by atoms with Gasteiger partial charge in [0.2, 0.25) is 11.5 Å². The highest BCUT2D eigenvalue weighted by Gasteiger charge is 2.31. The molecule has 2 saturated heterocycles. The van der Waals surface area contributed by atoms with E-state index >= 15 is 0 Å². The predicted octanol–water partition coefficient (Wildman–Crippen LogP) is 2.85. The number of hydrogen-bond donors (Lipinski definition) is 0. The van der Waals surface area contributed by atoms with E-state index in [4.69, 9.17) is 4.42 Å². The second-order valence-electron chi connectivity index (χ2n) is 8.68. The average molecular weight is 446 g/mol. The third-order valence-corrected chi connectivity index (χ3v) is 6.51. The Bertz CT molecular complexity index is 1450. The first-order chi connectivity index (χ1) is 16.0. The number of rotatable bonds is 3. The summed E-state index contributed by atoms with van der Waals surface area (Å²) in [6.45, 7) is 1.35. The lowest BCUT2D eigenvalue weighted by atomic mass is 9.90. The van der Waals surface area contributed by atoms with Gasteiger partial charge in [-0.1, -0.05) is 24.3 Å². The summed E-state index contributed by atoms with van der Waals surface area (Å²) in [4.78, 5) is 13.8. The van der Waals surface area contributed by atoms with Crippen LogP contribution in [0.2, 0.25) is 0 Å². The van der Waals surface area contributed by atoms with E-state index in [-0.39, 0.29) is 5.56 Å². The Labute approximate surface area is 188 Å². The second kappa shape index (κ2) is 7.40. The number of carboxylic acid groups (broad SMARTS) is 1. The highest BCUT2D eigenvalue weighted by Crippen LogP contribution is 2.42. The fourth-order valence-electron chi connectivity index (χ4n) is 4.70. The van der Waals surface area contributed by atoms with E-state index in [0.717, 1.165) is 27.6 Å². The van der Waals surface area contributed by atoms with Crippen LogP contribution in [0.4, 0.5) is 14.5 Å². The molecule has 166 valence electrons. The number of hydrogen-bond acceptors (Lipinski definition) is 4. The number of fused-ring (bicyclic) bond motifs is 2. The highest BCUT2D eigenvalue weighted by molar-refractivity contribution is 6.07. The zero-order valence-corrected chi connectivity index (χ0v) is 17.6. The van der Waals surface area contributed by atoms with Crippen molar-refractivity contribution in [2.75, 3.05) is 31.1 Å². The van der Waals surface area contributed by atoms with Crippen molar-refractivity contribution in [3.63, 3.8) is 0 Å². The zero-order valence-electron chi connectivity index (χ0n) is 17.6. The van der Waals surface area contributed by atoms with E-state index in [0.29, 0.717) is 43.1 Å². The minimum absolute atomic E-state index is 0.0884. The summed E-state index contributed by atoms with van der Waals surface area (Å²) in [5, 5.41) is 13.5. The van der Waals surface area contributed by atoms with Crippen molar-refractivity contribution in [1.82, 2.24) is 4.58 Å². The van der Waals surface area contributed by atoms with Crippen LogP contribution in [0.5, 0.6) is 0 Å². The van der Waals surface area contributed by atoms with Crippen LogP contribution in [0.1, 0.15) is 10.4 Å². The maximum absolute atomic E-state index is 13.4. The number of carbonyl (C=O) groups is 1. The molecule has 0 amide bonds. The summed E-state index contributed by atoms with van der Waals surface area (Å²) in [6.07, 6.45) is -1.67. The number of aromatic carboxylic acids is 1. The van der Waals surface area contributed by atoms with Gasteiger partial charge in [-0.2, -0.15) is 0 Å². The number of alkyl halides is 2. The molecular formula is C26H20F2N2O3. The molecule has 1 aliphatic carbocycles. The van der Waals surface area contributed by atoms with E-state index in [1.165, 1.54) is 6.07 Å². The van der Waals surface area contributed by atoms with Crippen LogP contribution in [-0.2, 0) is 0 Å². The molecule has 6 rings (SSSR count). The van der Waals surface area contributed by atoms with Gasteiger partial charge < -0.3 is 19.2 Å². The fourth-order valence-corrected chi connectivity index (χ4v) is 4.70. The third-order valence-electron chi connectivity index (χ3n) is 6.51. The number of carboxylic acids is 1. The molecule has 33 heavy (non-hydrogen) atoms. The molecule has 0 aromatic heterocycles. The number of nitrogens with zero attached hydrogens (tertiary/aromatic N) is 2. The van der Waals surface area contributed by atoms with Crippen LogP contribution in [-0.4, -0.2) is 44.5 Å². The van der Waals surface area contributed by atoms with E-state index < -0.39 is 18.3 Å². The highest BCUT2D eigenvalue weighted by atomic mass is 19.1. The van der Waals surface area contributed by atoms with Crippen LogP contribution >= 0.6 is 0 Å².